The van der Waals surface area contributed by atoms with Crippen molar-refractivity contribution >= 4 is 49.1 Å². The van der Waals surface area contributed by atoms with Crippen molar-refractivity contribution in [3.63, 3.8) is 0 Å². The van der Waals surface area contributed by atoms with Gasteiger partial charge in [-0.15, -0.1) is 0 Å². The Morgan fingerprint density at radius 2 is 1.25 bits per heavy atom. The van der Waals surface area contributed by atoms with Gasteiger partial charge in [-0.2, -0.15) is 0 Å². The van der Waals surface area contributed by atoms with Crippen LogP contribution in [0.3, 0.4) is 0 Å². The van der Waals surface area contributed by atoms with E-state index in [0.29, 0.717) is 5.92 Å². The highest BCUT2D eigenvalue weighted by atomic mass is 16.5. The summed E-state index contributed by atoms with van der Waals surface area (Å²) in [5.74, 6) is 0.117. The molecule has 6 aromatic carbocycles. The van der Waals surface area contributed by atoms with Crippen LogP contribution in [0.4, 0.5) is 0 Å². The Kier molecular flexibility index (Phi) is 5.60. The van der Waals surface area contributed by atoms with E-state index in [2.05, 4.69) is 105 Å². The minimum Gasteiger partial charge on any atom is -0.460 e. The molecule has 0 fully saturated rings. The Hall–Kier alpha value is -3.91. The van der Waals surface area contributed by atoms with Gasteiger partial charge in [0.1, 0.15) is 6.61 Å². The summed E-state index contributed by atoms with van der Waals surface area (Å²) < 4.78 is 5.87. The van der Waals surface area contributed by atoms with E-state index >= 15 is 0 Å². The first-order valence-corrected chi connectivity index (χ1v) is 12.8. The van der Waals surface area contributed by atoms with Gasteiger partial charge in [-0.1, -0.05) is 105 Å². The van der Waals surface area contributed by atoms with Gasteiger partial charge in [-0.3, -0.25) is 4.79 Å². The Morgan fingerprint density at radius 3 is 1.92 bits per heavy atom. The summed E-state index contributed by atoms with van der Waals surface area (Å²) in [5.41, 5.74) is 3.33. The lowest BCUT2D eigenvalue weighted by Gasteiger charge is -2.17. The molecular formula is C34H30O2. The van der Waals surface area contributed by atoms with Crippen molar-refractivity contribution in [2.75, 3.05) is 0 Å². The fourth-order valence-corrected chi connectivity index (χ4v) is 5.66. The molecule has 6 rings (SSSR count). The molecule has 0 aliphatic heterocycles. The van der Waals surface area contributed by atoms with Gasteiger partial charge in [-0.05, 0) is 79.0 Å². The SMILES string of the molecule is CC(C)Cc1ccc(C(C)C(=O)OCc2ccc3c4cccc5cccc(c6cccc2c63)c54)cc1. The zero-order valence-electron chi connectivity index (χ0n) is 21.0. The van der Waals surface area contributed by atoms with Crippen molar-refractivity contribution in [2.45, 2.75) is 39.7 Å². The molecule has 0 radical (unpaired) electrons. The number of hydrogen-bond donors (Lipinski definition) is 0. The zero-order valence-corrected chi connectivity index (χ0v) is 21.0. The molecule has 0 saturated heterocycles. The maximum absolute atomic E-state index is 13.0. The molecule has 6 aromatic rings. The Labute approximate surface area is 211 Å². The molecule has 0 saturated carbocycles. The molecule has 0 spiro atoms. The number of ether oxygens (including phenoxy) is 1. The summed E-state index contributed by atoms with van der Waals surface area (Å²) in [5, 5.41) is 9.99. The highest BCUT2D eigenvalue weighted by molar-refractivity contribution is 6.33. The molecule has 0 aliphatic carbocycles. The van der Waals surface area contributed by atoms with Crippen LogP contribution in [-0.4, -0.2) is 5.97 Å². The van der Waals surface area contributed by atoms with Gasteiger partial charge >= 0.3 is 5.97 Å². The Bertz CT molecular complexity index is 1660. The third kappa shape index (κ3) is 3.78. The van der Waals surface area contributed by atoms with Gasteiger partial charge in [0.2, 0.25) is 0 Å². The molecule has 0 aromatic heterocycles. The highest BCUT2D eigenvalue weighted by Crippen LogP contribution is 2.41. The van der Waals surface area contributed by atoms with Gasteiger partial charge in [0.05, 0.1) is 5.92 Å². The number of carbonyl (C=O) groups is 1. The number of fused-ring (bicyclic) bond motifs is 2. The molecule has 0 N–H and O–H groups in total. The first-order chi connectivity index (χ1) is 17.5. The van der Waals surface area contributed by atoms with Crippen molar-refractivity contribution in [3.8, 4) is 0 Å². The summed E-state index contributed by atoms with van der Waals surface area (Å²) in [6.45, 7) is 6.62. The predicted octanol–water partition coefficient (Wildman–Crippen LogP) is 8.78. The van der Waals surface area contributed by atoms with Crippen LogP contribution < -0.4 is 0 Å². The molecule has 36 heavy (non-hydrogen) atoms. The van der Waals surface area contributed by atoms with Crippen LogP contribution >= 0.6 is 0 Å². The van der Waals surface area contributed by atoms with Crippen molar-refractivity contribution in [1.82, 2.24) is 0 Å². The van der Waals surface area contributed by atoms with Gasteiger partial charge in [0, 0.05) is 0 Å². The molecule has 0 heterocycles. The van der Waals surface area contributed by atoms with E-state index in [1.807, 2.05) is 6.92 Å². The fraction of sp³-hybridized carbons (Fsp3) is 0.206. The Balaban J connectivity index is 1.32. The van der Waals surface area contributed by atoms with Crippen LogP contribution in [0.5, 0.6) is 0 Å². The van der Waals surface area contributed by atoms with E-state index in [1.165, 1.54) is 43.3 Å². The maximum Gasteiger partial charge on any atom is 0.313 e. The molecule has 1 atom stereocenters. The molecule has 178 valence electrons. The molecular weight excluding hydrogens is 440 g/mol. The molecule has 2 heteroatoms. The molecule has 0 amide bonds. The minimum atomic E-state index is -0.303. The second kappa shape index (κ2) is 8.95. The summed E-state index contributed by atoms with van der Waals surface area (Å²) in [7, 11) is 0. The second-order valence-electron chi connectivity index (χ2n) is 10.4. The standard InChI is InChI=1S/C34H30O2/c1-21(2)19-23-13-15-24(16-14-23)22(3)34(35)36-20-26-17-18-31-29-11-5-8-25-7-4-10-28(32(25)29)30-12-6-9-27(26)33(30)31/h4-18,21-22H,19-20H2,1-3H3. The largest absolute Gasteiger partial charge is 0.460 e. The van der Waals surface area contributed by atoms with Gasteiger partial charge in [0.15, 0.2) is 0 Å². The third-order valence-corrected chi connectivity index (χ3v) is 7.46. The van der Waals surface area contributed by atoms with Gasteiger partial charge < -0.3 is 4.74 Å². The second-order valence-corrected chi connectivity index (χ2v) is 10.4. The first-order valence-electron chi connectivity index (χ1n) is 12.8. The number of rotatable bonds is 6. The third-order valence-electron chi connectivity index (χ3n) is 7.46. The van der Waals surface area contributed by atoms with Crippen LogP contribution in [0, 0.1) is 5.92 Å². The summed E-state index contributed by atoms with van der Waals surface area (Å²) in [6.07, 6.45) is 1.04. The van der Waals surface area contributed by atoms with Crippen molar-refractivity contribution in [1.29, 1.82) is 0 Å². The molecule has 2 nitrogen and oxygen atoms in total. The zero-order chi connectivity index (χ0) is 24.8. The summed E-state index contributed by atoms with van der Waals surface area (Å²) in [6, 6.07) is 32.2. The maximum atomic E-state index is 13.0. The highest BCUT2D eigenvalue weighted by Gasteiger charge is 2.19. The lowest BCUT2D eigenvalue weighted by atomic mass is 9.88. The average Bonchev–Trinajstić information content (AvgIpc) is 2.90. The van der Waals surface area contributed by atoms with Crippen LogP contribution in [-0.2, 0) is 22.6 Å². The van der Waals surface area contributed by atoms with E-state index in [-0.39, 0.29) is 18.5 Å². The van der Waals surface area contributed by atoms with Crippen molar-refractivity contribution in [3.05, 3.63) is 108 Å². The molecule has 0 aliphatic rings. The predicted molar refractivity (Wildman–Crippen MR) is 151 cm³/mol. The van der Waals surface area contributed by atoms with E-state index in [9.17, 15) is 4.79 Å². The van der Waals surface area contributed by atoms with Crippen molar-refractivity contribution < 1.29 is 9.53 Å². The van der Waals surface area contributed by atoms with E-state index in [4.69, 9.17) is 4.74 Å². The lowest BCUT2D eigenvalue weighted by Crippen LogP contribution is -2.13. The van der Waals surface area contributed by atoms with Crippen LogP contribution in [0.2, 0.25) is 0 Å². The number of benzene rings is 6. The fourth-order valence-electron chi connectivity index (χ4n) is 5.66. The summed E-state index contributed by atoms with van der Waals surface area (Å²) in [4.78, 5) is 13.0. The molecule has 0 bridgehead atoms. The normalized spacial score (nSPS) is 12.8. The van der Waals surface area contributed by atoms with E-state index in [1.54, 1.807) is 0 Å². The smallest absolute Gasteiger partial charge is 0.313 e. The monoisotopic (exact) mass is 470 g/mol. The molecule has 1 unspecified atom stereocenters. The van der Waals surface area contributed by atoms with Crippen LogP contribution in [0.1, 0.15) is 43.4 Å². The Morgan fingerprint density at radius 1 is 0.667 bits per heavy atom. The number of hydrogen-bond acceptors (Lipinski definition) is 2. The topological polar surface area (TPSA) is 26.3 Å². The van der Waals surface area contributed by atoms with Gasteiger partial charge in [0.25, 0.3) is 0 Å². The van der Waals surface area contributed by atoms with Crippen molar-refractivity contribution in [2.24, 2.45) is 5.92 Å². The van der Waals surface area contributed by atoms with Crippen LogP contribution in [0.25, 0.3) is 43.1 Å². The summed E-state index contributed by atoms with van der Waals surface area (Å²) >= 11 is 0. The average molecular weight is 471 g/mol. The van der Waals surface area contributed by atoms with E-state index < -0.39 is 0 Å². The van der Waals surface area contributed by atoms with Crippen LogP contribution in [0.15, 0.2) is 91.0 Å². The number of esters is 1. The number of carbonyl (C=O) groups excluding carboxylic acids is 1. The minimum absolute atomic E-state index is 0.192. The van der Waals surface area contributed by atoms with E-state index in [0.717, 1.165) is 22.9 Å². The lowest BCUT2D eigenvalue weighted by molar-refractivity contribution is -0.146. The first kappa shape index (κ1) is 22.5. The van der Waals surface area contributed by atoms with Gasteiger partial charge in [-0.25, -0.2) is 0 Å². The quantitative estimate of drug-likeness (QED) is 0.138.